The van der Waals surface area contributed by atoms with Crippen LogP contribution in [-0.4, -0.2) is 15.5 Å². The summed E-state index contributed by atoms with van der Waals surface area (Å²) in [7, 11) is 0. The van der Waals surface area contributed by atoms with E-state index < -0.39 is 0 Å². The van der Waals surface area contributed by atoms with Gasteiger partial charge in [-0.2, -0.15) is 0 Å². The molecule has 1 N–H and O–H groups in total. The first kappa shape index (κ1) is 15.3. The first-order valence-electron chi connectivity index (χ1n) is 7.33. The molecule has 0 aliphatic carbocycles. The number of amides is 1. The van der Waals surface area contributed by atoms with Crippen LogP contribution in [0.3, 0.4) is 0 Å². The minimum absolute atomic E-state index is 0.000150. The molecule has 1 amide bonds. The Hall–Kier alpha value is -2.10. The molecule has 112 valence electrons. The number of aromatic nitrogens is 2. The van der Waals surface area contributed by atoms with E-state index in [9.17, 15) is 4.79 Å². The monoisotopic (exact) mass is 285 g/mol. The Morgan fingerprint density at radius 1 is 1.33 bits per heavy atom. The van der Waals surface area contributed by atoms with Crippen molar-refractivity contribution in [3.05, 3.63) is 48.5 Å². The lowest BCUT2D eigenvalue weighted by atomic mass is 9.89. The maximum Gasteiger partial charge on any atom is 0.226 e. The summed E-state index contributed by atoms with van der Waals surface area (Å²) in [4.78, 5) is 16.2. The zero-order valence-electron chi connectivity index (χ0n) is 13.1. The molecule has 4 nitrogen and oxygen atoms in total. The van der Waals surface area contributed by atoms with Crippen LogP contribution in [0.25, 0.3) is 5.69 Å². The number of hydrogen-bond acceptors (Lipinski definition) is 2. The minimum Gasteiger partial charge on any atom is -0.349 e. The molecule has 0 spiro atoms. The third-order valence-corrected chi connectivity index (χ3v) is 4.04. The molecule has 0 aliphatic rings. The Morgan fingerprint density at radius 3 is 2.52 bits per heavy atom. The molecule has 1 aromatic carbocycles. The van der Waals surface area contributed by atoms with Crippen molar-refractivity contribution in [2.24, 2.45) is 5.41 Å². The maximum atomic E-state index is 12.2. The van der Waals surface area contributed by atoms with Gasteiger partial charge in [0, 0.05) is 23.5 Å². The highest BCUT2D eigenvalue weighted by molar-refractivity contribution is 5.82. The normalized spacial score (nSPS) is 13.0. The molecule has 0 unspecified atom stereocenters. The summed E-state index contributed by atoms with van der Waals surface area (Å²) in [5.41, 5.74) is 1.83. The van der Waals surface area contributed by atoms with Crippen LogP contribution in [0, 0.1) is 5.41 Å². The van der Waals surface area contributed by atoms with Gasteiger partial charge in [-0.05, 0) is 31.0 Å². The van der Waals surface area contributed by atoms with Gasteiger partial charge in [-0.3, -0.25) is 4.79 Å². The van der Waals surface area contributed by atoms with Gasteiger partial charge >= 0.3 is 0 Å². The Bertz CT molecular complexity index is 585. The van der Waals surface area contributed by atoms with Gasteiger partial charge in [0.05, 0.1) is 12.4 Å². The van der Waals surface area contributed by atoms with Crippen molar-refractivity contribution >= 4 is 5.91 Å². The van der Waals surface area contributed by atoms with E-state index in [2.05, 4.69) is 10.3 Å². The van der Waals surface area contributed by atoms with Crippen LogP contribution in [0.4, 0.5) is 0 Å². The van der Waals surface area contributed by atoms with Gasteiger partial charge in [-0.25, -0.2) is 4.98 Å². The van der Waals surface area contributed by atoms with Gasteiger partial charge in [0.25, 0.3) is 0 Å². The first-order chi connectivity index (χ1) is 9.94. The molecule has 1 aromatic heterocycles. The predicted octanol–water partition coefficient (Wildman–Crippen LogP) is 3.49. The largest absolute Gasteiger partial charge is 0.349 e. The maximum absolute atomic E-state index is 12.2. The average Bonchev–Trinajstić information content (AvgIpc) is 3.01. The summed E-state index contributed by atoms with van der Waals surface area (Å²) in [5.74, 6) is 0.0937. The molecule has 0 radical (unpaired) electrons. The van der Waals surface area contributed by atoms with Gasteiger partial charge in [-0.1, -0.05) is 32.9 Å². The highest BCUT2D eigenvalue weighted by Crippen LogP contribution is 2.22. The summed E-state index contributed by atoms with van der Waals surface area (Å²) in [5, 5.41) is 3.08. The quantitative estimate of drug-likeness (QED) is 0.914. The SMILES string of the molecule is CCC(C)(C)C(=O)N[C@@H](C)c1ccc(-n2ccnc2)cc1. The third kappa shape index (κ3) is 3.51. The van der Waals surface area contributed by atoms with Crippen molar-refractivity contribution < 1.29 is 4.79 Å². The summed E-state index contributed by atoms with van der Waals surface area (Å²) < 4.78 is 1.95. The van der Waals surface area contributed by atoms with E-state index in [4.69, 9.17) is 0 Å². The Kier molecular flexibility index (Phi) is 4.46. The standard InChI is InChI=1S/C17H23N3O/c1-5-17(3,4)16(21)19-13(2)14-6-8-15(9-7-14)20-11-10-18-12-20/h6-13H,5H2,1-4H3,(H,19,21)/t13-/m0/s1. The van der Waals surface area contributed by atoms with Crippen LogP contribution < -0.4 is 5.32 Å². The molecule has 0 saturated carbocycles. The smallest absolute Gasteiger partial charge is 0.226 e. The van der Waals surface area contributed by atoms with E-state index in [1.165, 1.54) is 0 Å². The topological polar surface area (TPSA) is 46.9 Å². The third-order valence-electron chi connectivity index (χ3n) is 4.04. The van der Waals surface area contributed by atoms with E-state index in [-0.39, 0.29) is 17.4 Å². The number of hydrogen-bond donors (Lipinski definition) is 1. The fraction of sp³-hybridized carbons (Fsp3) is 0.412. The van der Waals surface area contributed by atoms with Crippen molar-refractivity contribution in [2.75, 3.05) is 0 Å². The van der Waals surface area contributed by atoms with Crippen LogP contribution in [0.1, 0.15) is 45.7 Å². The zero-order valence-corrected chi connectivity index (χ0v) is 13.1. The van der Waals surface area contributed by atoms with E-state index in [1.807, 2.05) is 62.7 Å². The molecule has 0 bridgehead atoms. The molecule has 2 aromatic rings. The fourth-order valence-electron chi connectivity index (χ4n) is 1.98. The van der Waals surface area contributed by atoms with Gasteiger partial charge in [0.2, 0.25) is 5.91 Å². The lowest BCUT2D eigenvalue weighted by Crippen LogP contribution is -2.37. The summed E-state index contributed by atoms with van der Waals surface area (Å²) in [6.07, 6.45) is 6.25. The van der Waals surface area contributed by atoms with E-state index in [0.717, 1.165) is 17.7 Å². The number of nitrogens with one attached hydrogen (secondary N) is 1. The Labute approximate surface area is 126 Å². The average molecular weight is 285 g/mol. The number of imidazole rings is 1. The van der Waals surface area contributed by atoms with Crippen LogP contribution in [-0.2, 0) is 4.79 Å². The number of carbonyl (C=O) groups is 1. The number of rotatable bonds is 5. The fourth-order valence-corrected chi connectivity index (χ4v) is 1.98. The van der Waals surface area contributed by atoms with Crippen molar-refractivity contribution in [1.29, 1.82) is 0 Å². The van der Waals surface area contributed by atoms with Crippen LogP contribution in [0.2, 0.25) is 0 Å². The zero-order chi connectivity index (χ0) is 15.5. The first-order valence-corrected chi connectivity index (χ1v) is 7.33. The second-order valence-corrected chi connectivity index (χ2v) is 5.99. The van der Waals surface area contributed by atoms with Gasteiger partial charge in [0.1, 0.15) is 0 Å². The van der Waals surface area contributed by atoms with Crippen LogP contribution in [0.15, 0.2) is 43.0 Å². The molecule has 21 heavy (non-hydrogen) atoms. The van der Waals surface area contributed by atoms with E-state index in [1.54, 1.807) is 12.5 Å². The van der Waals surface area contributed by atoms with Crippen LogP contribution >= 0.6 is 0 Å². The highest BCUT2D eigenvalue weighted by Gasteiger charge is 2.26. The van der Waals surface area contributed by atoms with Crippen molar-refractivity contribution in [1.82, 2.24) is 14.9 Å². The van der Waals surface area contributed by atoms with Crippen molar-refractivity contribution in [3.63, 3.8) is 0 Å². The molecule has 1 heterocycles. The number of nitrogens with zero attached hydrogens (tertiary/aromatic N) is 2. The van der Waals surface area contributed by atoms with Crippen LogP contribution in [0.5, 0.6) is 0 Å². The number of benzene rings is 1. The summed E-state index contributed by atoms with van der Waals surface area (Å²) in [6.45, 7) is 7.98. The minimum atomic E-state index is -0.328. The molecule has 1 atom stereocenters. The van der Waals surface area contributed by atoms with Gasteiger partial charge in [0.15, 0.2) is 0 Å². The lowest BCUT2D eigenvalue weighted by Gasteiger charge is -2.24. The second kappa shape index (κ2) is 6.12. The molecule has 4 heteroatoms. The van der Waals surface area contributed by atoms with Gasteiger partial charge in [-0.15, -0.1) is 0 Å². The highest BCUT2D eigenvalue weighted by atomic mass is 16.2. The van der Waals surface area contributed by atoms with Crippen molar-refractivity contribution in [3.8, 4) is 5.69 Å². The Balaban J connectivity index is 2.07. The van der Waals surface area contributed by atoms with E-state index >= 15 is 0 Å². The predicted molar refractivity (Wildman–Crippen MR) is 84.2 cm³/mol. The molecular weight excluding hydrogens is 262 g/mol. The van der Waals surface area contributed by atoms with Gasteiger partial charge < -0.3 is 9.88 Å². The summed E-state index contributed by atoms with van der Waals surface area (Å²) in [6, 6.07) is 8.15. The molecular formula is C17H23N3O. The molecule has 2 rings (SSSR count). The van der Waals surface area contributed by atoms with E-state index in [0.29, 0.717) is 0 Å². The number of carbonyl (C=O) groups excluding carboxylic acids is 1. The summed E-state index contributed by atoms with van der Waals surface area (Å²) >= 11 is 0. The second-order valence-electron chi connectivity index (χ2n) is 5.99. The molecule has 0 saturated heterocycles. The lowest BCUT2D eigenvalue weighted by molar-refractivity contribution is -0.130. The van der Waals surface area contributed by atoms with Crippen molar-refractivity contribution in [2.45, 2.75) is 40.2 Å². The molecule has 0 aliphatic heterocycles. The molecule has 0 fully saturated rings. The Morgan fingerprint density at radius 2 is 2.00 bits per heavy atom.